The van der Waals surface area contributed by atoms with E-state index in [4.69, 9.17) is 4.74 Å². The Kier molecular flexibility index (Phi) is 8.59. The molecule has 0 saturated heterocycles. The van der Waals surface area contributed by atoms with E-state index in [1.807, 2.05) is 24.3 Å². The van der Waals surface area contributed by atoms with Crippen LogP contribution in [0.1, 0.15) is 31.4 Å². The Morgan fingerprint density at radius 3 is 2.61 bits per heavy atom. The van der Waals surface area contributed by atoms with Gasteiger partial charge in [-0.3, -0.25) is 0 Å². The van der Waals surface area contributed by atoms with Crippen LogP contribution in [0, 0.1) is 5.82 Å². The molecule has 23 heavy (non-hydrogen) atoms. The summed E-state index contributed by atoms with van der Waals surface area (Å²) in [5, 5.41) is 3.45. The zero-order chi connectivity index (χ0) is 15.9. The molecule has 2 aromatic rings. The fourth-order valence-electron chi connectivity index (χ4n) is 2.03. The largest absolute Gasteiger partial charge is 0.488 e. The number of halogens is 3. The first-order valence-corrected chi connectivity index (χ1v) is 8.27. The van der Waals surface area contributed by atoms with Crippen LogP contribution >= 0.6 is 28.3 Å². The van der Waals surface area contributed by atoms with E-state index in [-0.39, 0.29) is 24.8 Å². The normalized spacial score (nSPS) is 11.7. The Morgan fingerprint density at radius 1 is 1.17 bits per heavy atom. The summed E-state index contributed by atoms with van der Waals surface area (Å²) in [6.07, 6.45) is 1.07. The van der Waals surface area contributed by atoms with Gasteiger partial charge in [0.05, 0.1) is 0 Å². The van der Waals surface area contributed by atoms with Crippen LogP contribution in [0.4, 0.5) is 4.39 Å². The van der Waals surface area contributed by atoms with Gasteiger partial charge in [0.25, 0.3) is 0 Å². The van der Waals surface area contributed by atoms with Crippen molar-refractivity contribution in [2.24, 2.45) is 0 Å². The average molecular weight is 403 g/mol. The van der Waals surface area contributed by atoms with E-state index < -0.39 is 0 Å². The van der Waals surface area contributed by atoms with Gasteiger partial charge in [-0.15, -0.1) is 12.4 Å². The maximum Gasteiger partial charge on any atom is 0.129 e. The van der Waals surface area contributed by atoms with Crippen molar-refractivity contribution in [2.75, 3.05) is 0 Å². The van der Waals surface area contributed by atoms with Crippen LogP contribution in [-0.4, -0.2) is 6.04 Å². The minimum atomic E-state index is -0.237. The second kappa shape index (κ2) is 9.91. The third-order valence-corrected chi connectivity index (χ3v) is 4.11. The second-order valence-electron chi connectivity index (χ2n) is 5.32. The van der Waals surface area contributed by atoms with Gasteiger partial charge in [-0.1, -0.05) is 41.1 Å². The highest BCUT2D eigenvalue weighted by atomic mass is 79.9. The molecule has 2 aromatic carbocycles. The van der Waals surface area contributed by atoms with Crippen LogP contribution in [0.3, 0.4) is 0 Å². The van der Waals surface area contributed by atoms with Crippen molar-refractivity contribution in [3.8, 4) is 5.75 Å². The molecule has 0 aliphatic carbocycles. The van der Waals surface area contributed by atoms with Gasteiger partial charge in [-0.2, -0.15) is 0 Å². The van der Waals surface area contributed by atoms with Crippen molar-refractivity contribution in [1.82, 2.24) is 5.32 Å². The monoisotopic (exact) mass is 401 g/mol. The Balaban J connectivity index is 0.00000264. The fourth-order valence-corrected chi connectivity index (χ4v) is 2.43. The van der Waals surface area contributed by atoms with E-state index in [0.717, 1.165) is 28.8 Å². The van der Waals surface area contributed by atoms with E-state index in [0.29, 0.717) is 11.6 Å². The summed E-state index contributed by atoms with van der Waals surface area (Å²) in [6, 6.07) is 13.0. The van der Waals surface area contributed by atoms with Crippen molar-refractivity contribution in [3.05, 3.63) is 63.9 Å². The molecule has 1 unspecified atom stereocenters. The van der Waals surface area contributed by atoms with E-state index >= 15 is 0 Å². The maximum absolute atomic E-state index is 13.7. The average Bonchev–Trinajstić information content (AvgIpc) is 2.53. The van der Waals surface area contributed by atoms with E-state index in [1.54, 1.807) is 12.1 Å². The van der Waals surface area contributed by atoms with Crippen LogP contribution in [0.15, 0.2) is 46.9 Å². The number of benzene rings is 2. The number of nitrogens with one attached hydrogen (secondary N) is 1. The number of hydrogen-bond donors (Lipinski definition) is 1. The molecule has 0 spiro atoms. The molecule has 0 aliphatic heterocycles. The topological polar surface area (TPSA) is 21.3 Å². The number of ether oxygens (including phenoxy) is 1. The smallest absolute Gasteiger partial charge is 0.129 e. The Bertz CT molecular complexity index is 624. The molecule has 126 valence electrons. The molecule has 0 radical (unpaired) electrons. The minimum absolute atomic E-state index is 0. The molecule has 1 N–H and O–H groups in total. The van der Waals surface area contributed by atoms with Gasteiger partial charge < -0.3 is 10.1 Å². The SMILES string of the molecule is CCC(C)NCc1cc(Br)ccc1OCc1ccccc1F.Cl. The van der Waals surface area contributed by atoms with Crippen molar-refractivity contribution in [1.29, 1.82) is 0 Å². The van der Waals surface area contributed by atoms with Crippen LogP contribution in [-0.2, 0) is 13.2 Å². The minimum Gasteiger partial charge on any atom is -0.488 e. The Labute approximate surface area is 152 Å². The third kappa shape index (κ3) is 6.13. The van der Waals surface area contributed by atoms with Gasteiger partial charge in [0.2, 0.25) is 0 Å². The van der Waals surface area contributed by atoms with Gasteiger partial charge >= 0.3 is 0 Å². The summed E-state index contributed by atoms with van der Waals surface area (Å²) in [5.41, 5.74) is 1.62. The Morgan fingerprint density at radius 2 is 1.91 bits per heavy atom. The molecular weight excluding hydrogens is 381 g/mol. The van der Waals surface area contributed by atoms with Crippen LogP contribution in [0.5, 0.6) is 5.75 Å². The fraction of sp³-hybridized carbons (Fsp3) is 0.333. The van der Waals surface area contributed by atoms with Gasteiger partial charge in [0.1, 0.15) is 18.2 Å². The summed E-state index contributed by atoms with van der Waals surface area (Å²) in [6.45, 7) is 5.25. The zero-order valence-electron chi connectivity index (χ0n) is 13.3. The van der Waals surface area contributed by atoms with Crippen LogP contribution < -0.4 is 10.1 Å². The highest BCUT2D eigenvalue weighted by Crippen LogP contribution is 2.24. The first-order chi connectivity index (χ1) is 10.6. The standard InChI is InChI=1S/C18H21BrFNO.ClH/c1-3-13(2)21-11-15-10-16(19)8-9-18(15)22-12-14-6-4-5-7-17(14)20;/h4-10,13,21H,3,11-12H2,1-2H3;1H. The van der Waals surface area contributed by atoms with Crippen LogP contribution in [0.25, 0.3) is 0 Å². The van der Waals surface area contributed by atoms with E-state index in [1.165, 1.54) is 6.07 Å². The predicted octanol–water partition coefficient (Wildman–Crippen LogP) is 5.48. The molecule has 0 aliphatic rings. The molecule has 2 rings (SSSR count). The van der Waals surface area contributed by atoms with E-state index in [2.05, 4.69) is 35.1 Å². The second-order valence-corrected chi connectivity index (χ2v) is 6.24. The lowest BCUT2D eigenvalue weighted by Crippen LogP contribution is -2.24. The quantitative estimate of drug-likeness (QED) is 0.662. The summed E-state index contributed by atoms with van der Waals surface area (Å²) >= 11 is 3.48. The lowest BCUT2D eigenvalue weighted by Gasteiger charge is -2.15. The van der Waals surface area contributed by atoms with E-state index in [9.17, 15) is 4.39 Å². The lowest BCUT2D eigenvalue weighted by molar-refractivity contribution is 0.295. The molecule has 0 heterocycles. The number of hydrogen-bond acceptors (Lipinski definition) is 2. The molecular formula is C18H22BrClFNO. The molecule has 0 fully saturated rings. The molecule has 2 nitrogen and oxygen atoms in total. The first-order valence-electron chi connectivity index (χ1n) is 7.48. The lowest BCUT2D eigenvalue weighted by atomic mass is 10.1. The summed E-state index contributed by atoms with van der Waals surface area (Å²) in [7, 11) is 0. The third-order valence-electron chi connectivity index (χ3n) is 3.62. The van der Waals surface area contributed by atoms with Gasteiger partial charge in [-0.25, -0.2) is 4.39 Å². The number of rotatable bonds is 7. The molecule has 0 amide bonds. The molecule has 0 aromatic heterocycles. The highest BCUT2D eigenvalue weighted by Gasteiger charge is 2.08. The van der Waals surface area contributed by atoms with Crippen molar-refractivity contribution in [2.45, 2.75) is 39.5 Å². The molecule has 0 saturated carbocycles. The van der Waals surface area contributed by atoms with Crippen molar-refractivity contribution in [3.63, 3.8) is 0 Å². The first kappa shape index (κ1) is 19.9. The molecule has 5 heteroatoms. The van der Waals surface area contributed by atoms with Crippen molar-refractivity contribution >= 4 is 28.3 Å². The van der Waals surface area contributed by atoms with Crippen molar-refractivity contribution < 1.29 is 9.13 Å². The van der Waals surface area contributed by atoms with Gasteiger partial charge in [-0.05, 0) is 37.6 Å². The molecule has 0 bridgehead atoms. The molecule has 1 atom stereocenters. The van der Waals surface area contributed by atoms with Crippen LogP contribution in [0.2, 0.25) is 0 Å². The summed E-state index contributed by atoms with van der Waals surface area (Å²) in [4.78, 5) is 0. The Hall–Kier alpha value is -1.10. The predicted molar refractivity (Wildman–Crippen MR) is 98.7 cm³/mol. The van der Waals surface area contributed by atoms with Gasteiger partial charge in [0.15, 0.2) is 0 Å². The zero-order valence-corrected chi connectivity index (χ0v) is 15.7. The summed E-state index contributed by atoms with van der Waals surface area (Å²) in [5.74, 6) is 0.543. The maximum atomic E-state index is 13.7. The summed E-state index contributed by atoms with van der Waals surface area (Å²) < 4.78 is 20.5. The van der Waals surface area contributed by atoms with Gasteiger partial charge in [0, 0.05) is 28.2 Å². The highest BCUT2D eigenvalue weighted by molar-refractivity contribution is 9.10.